The van der Waals surface area contributed by atoms with Crippen LogP contribution in [0.2, 0.25) is 0 Å². The molecule has 1 heteroatoms. The summed E-state index contributed by atoms with van der Waals surface area (Å²) in [5.41, 5.74) is 6.73. The van der Waals surface area contributed by atoms with E-state index in [2.05, 4.69) is 80.6 Å². The minimum Gasteiger partial charge on any atom is -0.457 e. The van der Waals surface area contributed by atoms with Crippen molar-refractivity contribution in [2.75, 3.05) is 0 Å². The highest BCUT2D eigenvalue weighted by molar-refractivity contribution is 5.56. The van der Waals surface area contributed by atoms with E-state index in [1.807, 2.05) is 0 Å². The Balaban J connectivity index is 1.84. The lowest BCUT2D eigenvalue weighted by molar-refractivity contribution is 0.443. The summed E-state index contributed by atoms with van der Waals surface area (Å²) in [5, 5.41) is 0. The summed E-state index contributed by atoms with van der Waals surface area (Å²) in [7, 11) is 0. The van der Waals surface area contributed by atoms with Crippen LogP contribution in [0.25, 0.3) is 0 Å². The minimum atomic E-state index is 0.351. The number of ether oxygens (including phenoxy) is 1. The Bertz CT molecular complexity index is 861. The van der Waals surface area contributed by atoms with E-state index in [1.54, 1.807) is 0 Å². The monoisotopic (exact) mass is 314 g/mol. The van der Waals surface area contributed by atoms with Crippen LogP contribution >= 0.6 is 0 Å². The third-order valence-electron chi connectivity index (χ3n) is 4.96. The maximum atomic E-state index is 6.21. The van der Waals surface area contributed by atoms with Gasteiger partial charge in [0.1, 0.15) is 11.5 Å². The van der Waals surface area contributed by atoms with Gasteiger partial charge in [-0.3, -0.25) is 0 Å². The summed E-state index contributed by atoms with van der Waals surface area (Å²) in [4.78, 5) is 0. The summed E-state index contributed by atoms with van der Waals surface area (Å²) in [6.45, 7) is 4.36. The van der Waals surface area contributed by atoms with E-state index >= 15 is 0 Å². The van der Waals surface area contributed by atoms with Gasteiger partial charge in [-0.1, -0.05) is 67.1 Å². The van der Waals surface area contributed by atoms with E-state index in [9.17, 15) is 0 Å². The predicted molar refractivity (Wildman–Crippen MR) is 99.1 cm³/mol. The first-order chi connectivity index (χ1) is 11.8. The molecule has 0 aromatic heterocycles. The van der Waals surface area contributed by atoms with Crippen molar-refractivity contribution in [3.05, 3.63) is 94.5 Å². The van der Waals surface area contributed by atoms with Crippen LogP contribution < -0.4 is 4.74 Å². The van der Waals surface area contributed by atoms with Gasteiger partial charge in [-0.2, -0.15) is 0 Å². The van der Waals surface area contributed by atoms with Gasteiger partial charge in [-0.25, -0.2) is 0 Å². The third kappa shape index (κ3) is 2.60. The first-order valence-corrected chi connectivity index (χ1v) is 8.70. The molecule has 120 valence electrons. The van der Waals surface area contributed by atoms with E-state index < -0.39 is 0 Å². The van der Waals surface area contributed by atoms with Crippen molar-refractivity contribution in [2.45, 2.75) is 32.6 Å². The number of hydrogen-bond acceptors (Lipinski definition) is 1. The molecule has 1 atom stereocenters. The van der Waals surface area contributed by atoms with E-state index in [-0.39, 0.29) is 0 Å². The molecule has 1 aliphatic heterocycles. The molecule has 0 radical (unpaired) electrons. The average molecular weight is 314 g/mol. The maximum Gasteiger partial charge on any atom is 0.131 e. The second kappa shape index (κ2) is 6.16. The lowest BCUT2D eigenvalue weighted by Gasteiger charge is -2.30. The molecule has 1 aliphatic rings. The molecule has 0 saturated carbocycles. The molecule has 1 heterocycles. The van der Waals surface area contributed by atoms with Gasteiger partial charge < -0.3 is 4.74 Å². The Morgan fingerprint density at radius 1 is 0.833 bits per heavy atom. The van der Waals surface area contributed by atoms with Gasteiger partial charge in [0.05, 0.1) is 0 Å². The predicted octanol–water partition coefficient (Wildman–Crippen LogP) is 6.04. The van der Waals surface area contributed by atoms with Gasteiger partial charge in [0.15, 0.2) is 0 Å². The van der Waals surface area contributed by atoms with Gasteiger partial charge in [0.2, 0.25) is 0 Å². The third-order valence-corrected chi connectivity index (χ3v) is 4.96. The van der Waals surface area contributed by atoms with E-state index in [1.165, 1.54) is 27.8 Å². The van der Waals surface area contributed by atoms with Crippen LogP contribution in [0.1, 0.15) is 40.7 Å². The van der Waals surface area contributed by atoms with Crippen molar-refractivity contribution in [2.24, 2.45) is 0 Å². The fourth-order valence-electron chi connectivity index (χ4n) is 3.69. The van der Waals surface area contributed by atoms with Crippen molar-refractivity contribution in [3.8, 4) is 11.5 Å². The Morgan fingerprint density at radius 3 is 2.38 bits per heavy atom. The van der Waals surface area contributed by atoms with Crippen LogP contribution in [0.4, 0.5) is 0 Å². The van der Waals surface area contributed by atoms with Gasteiger partial charge in [0, 0.05) is 17.0 Å². The molecule has 24 heavy (non-hydrogen) atoms. The number of para-hydroxylation sites is 1. The highest BCUT2D eigenvalue weighted by atomic mass is 16.5. The molecule has 0 saturated heterocycles. The molecule has 3 aromatic carbocycles. The SMILES string of the molecule is CCc1cccc2c1C(Cc1ccc(C)cc1)c1ccccc1O2. The van der Waals surface area contributed by atoms with Crippen molar-refractivity contribution in [3.63, 3.8) is 0 Å². The summed E-state index contributed by atoms with van der Waals surface area (Å²) in [6.07, 6.45) is 2.03. The highest BCUT2D eigenvalue weighted by Crippen LogP contribution is 2.46. The Kier molecular flexibility index (Phi) is 3.86. The number of fused-ring (bicyclic) bond motifs is 2. The van der Waals surface area contributed by atoms with Gasteiger partial charge in [0.25, 0.3) is 0 Å². The molecule has 0 bridgehead atoms. The standard InChI is InChI=1S/C23H22O/c1-3-18-7-6-10-22-23(18)20(15-17-13-11-16(2)12-14-17)19-8-4-5-9-21(19)24-22/h4-14,20H,3,15H2,1-2H3. The van der Waals surface area contributed by atoms with E-state index in [0.717, 1.165) is 24.3 Å². The zero-order chi connectivity index (χ0) is 16.5. The second-order valence-electron chi connectivity index (χ2n) is 6.56. The highest BCUT2D eigenvalue weighted by Gasteiger charge is 2.28. The van der Waals surface area contributed by atoms with Crippen molar-refractivity contribution >= 4 is 0 Å². The topological polar surface area (TPSA) is 9.23 Å². The molecule has 1 nitrogen and oxygen atoms in total. The summed E-state index contributed by atoms with van der Waals surface area (Å²) >= 11 is 0. The molecule has 0 fully saturated rings. The van der Waals surface area contributed by atoms with Crippen LogP contribution in [-0.2, 0) is 12.8 Å². The van der Waals surface area contributed by atoms with Crippen LogP contribution in [0, 0.1) is 6.92 Å². The van der Waals surface area contributed by atoms with Gasteiger partial charge >= 0.3 is 0 Å². The largest absolute Gasteiger partial charge is 0.457 e. The average Bonchev–Trinajstić information content (AvgIpc) is 2.62. The van der Waals surface area contributed by atoms with E-state index in [0.29, 0.717) is 5.92 Å². The molecular weight excluding hydrogens is 292 g/mol. The van der Waals surface area contributed by atoms with E-state index in [4.69, 9.17) is 4.74 Å². The maximum absolute atomic E-state index is 6.21. The smallest absolute Gasteiger partial charge is 0.131 e. The lowest BCUT2D eigenvalue weighted by atomic mass is 9.80. The van der Waals surface area contributed by atoms with Gasteiger partial charge in [-0.15, -0.1) is 0 Å². The van der Waals surface area contributed by atoms with Crippen LogP contribution in [0.3, 0.4) is 0 Å². The number of aryl methyl sites for hydroxylation is 2. The quantitative estimate of drug-likeness (QED) is 0.573. The minimum absolute atomic E-state index is 0.351. The first kappa shape index (κ1) is 15.0. The molecule has 0 amide bonds. The Morgan fingerprint density at radius 2 is 1.58 bits per heavy atom. The van der Waals surface area contributed by atoms with Crippen LogP contribution in [-0.4, -0.2) is 0 Å². The molecule has 0 N–H and O–H groups in total. The van der Waals surface area contributed by atoms with Crippen molar-refractivity contribution < 1.29 is 4.74 Å². The van der Waals surface area contributed by atoms with Gasteiger partial charge in [-0.05, 0) is 43.0 Å². The molecule has 4 rings (SSSR count). The fourth-order valence-corrected chi connectivity index (χ4v) is 3.69. The number of rotatable bonds is 3. The molecule has 1 unspecified atom stereocenters. The zero-order valence-electron chi connectivity index (χ0n) is 14.3. The molecule has 0 aliphatic carbocycles. The number of hydrogen-bond donors (Lipinski definition) is 0. The second-order valence-corrected chi connectivity index (χ2v) is 6.56. The molecule has 0 spiro atoms. The normalized spacial score (nSPS) is 15.3. The van der Waals surface area contributed by atoms with Crippen LogP contribution in [0.15, 0.2) is 66.7 Å². The fraction of sp³-hybridized carbons (Fsp3) is 0.217. The summed E-state index contributed by atoms with van der Waals surface area (Å²) < 4.78 is 6.21. The van der Waals surface area contributed by atoms with Crippen molar-refractivity contribution in [1.29, 1.82) is 0 Å². The first-order valence-electron chi connectivity index (χ1n) is 8.70. The van der Waals surface area contributed by atoms with Crippen molar-refractivity contribution in [1.82, 2.24) is 0 Å². The lowest BCUT2D eigenvalue weighted by Crippen LogP contribution is -2.14. The molecule has 3 aromatic rings. The zero-order valence-corrected chi connectivity index (χ0v) is 14.3. The Labute approximate surface area is 143 Å². The Hall–Kier alpha value is -2.54. The summed E-state index contributed by atoms with van der Waals surface area (Å²) in [6, 6.07) is 23.8. The molecular formula is C23H22O. The van der Waals surface area contributed by atoms with Crippen LogP contribution in [0.5, 0.6) is 11.5 Å². The summed E-state index contributed by atoms with van der Waals surface area (Å²) in [5.74, 6) is 2.37. The number of benzene rings is 3.